The van der Waals surface area contributed by atoms with Crippen LogP contribution in [0.2, 0.25) is 0 Å². The zero-order valence-corrected chi connectivity index (χ0v) is 11.6. The highest BCUT2D eigenvalue weighted by Crippen LogP contribution is 2.05. The van der Waals surface area contributed by atoms with Crippen molar-refractivity contribution in [3.05, 3.63) is 47.3 Å². The maximum atomic E-state index is 11.1. The van der Waals surface area contributed by atoms with Crippen molar-refractivity contribution >= 4 is 17.3 Å². The second-order valence-electron chi connectivity index (χ2n) is 3.99. The third-order valence-electron chi connectivity index (χ3n) is 2.28. The Labute approximate surface area is 112 Å². The quantitative estimate of drug-likeness (QED) is 0.262. The third-order valence-corrected chi connectivity index (χ3v) is 2.28. The zero-order valence-electron chi connectivity index (χ0n) is 11.6. The summed E-state index contributed by atoms with van der Waals surface area (Å²) in [4.78, 5) is 33.4. The summed E-state index contributed by atoms with van der Waals surface area (Å²) in [6.45, 7) is 5.42. The van der Waals surface area contributed by atoms with E-state index in [-0.39, 0.29) is 34.3 Å². The molecule has 0 rings (SSSR count). The lowest BCUT2D eigenvalue weighted by atomic mass is 10.1. The minimum absolute atomic E-state index is 0.0548. The molecule has 4 nitrogen and oxygen atoms in total. The molecule has 4 heteroatoms. The van der Waals surface area contributed by atoms with Crippen molar-refractivity contribution in [1.29, 1.82) is 0 Å². The molecule has 0 aromatic heterocycles. The number of carbonyl (C=O) groups is 3. The number of carbonyl (C=O) groups excluding carboxylic acids is 3. The molecule has 0 aromatic carbocycles. The van der Waals surface area contributed by atoms with Crippen molar-refractivity contribution in [2.45, 2.75) is 27.7 Å². The lowest BCUT2D eigenvalue weighted by Gasteiger charge is -1.96. The standard InChI is InChI=1S/C15H18O4/c1-10(16)14(11(2)17)8-6-5-7-9-15(12(3)18)13(4)19/h5-9,16H,1-4H3/b7-5?,8-6?,14-10+. The molecule has 0 unspecified atom stereocenters. The van der Waals surface area contributed by atoms with Gasteiger partial charge in [0.2, 0.25) is 0 Å². The number of ketones is 3. The van der Waals surface area contributed by atoms with Gasteiger partial charge in [0, 0.05) is 0 Å². The predicted molar refractivity (Wildman–Crippen MR) is 73.7 cm³/mol. The van der Waals surface area contributed by atoms with Crippen molar-refractivity contribution in [2.75, 3.05) is 0 Å². The van der Waals surface area contributed by atoms with Crippen molar-refractivity contribution in [3.8, 4) is 0 Å². The number of rotatable bonds is 6. The summed E-state index contributed by atoms with van der Waals surface area (Å²) in [5, 5.41) is 9.26. The highest BCUT2D eigenvalue weighted by atomic mass is 16.3. The van der Waals surface area contributed by atoms with Crippen molar-refractivity contribution in [2.24, 2.45) is 0 Å². The van der Waals surface area contributed by atoms with E-state index in [0.29, 0.717) is 0 Å². The molecule has 0 atom stereocenters. The van der Waals surface area contributed by atoms with E-state index in [9.17, 15) is 19.5 Å². The zero-order chi connectivity index (χ0) is 15.0. The Hall–Kier alpha value is -2.23. The average molecular weight is 262 g/mol. The van der Waals surface area contributed by atoms with E-state index in [1.54, 1.807) is 12.2 Å². The fraction of sp³-hybridized carbons (Fsp3) is 0.267. The van der Waals surface area contributed by atoms with Crippen LogP contribution in [0.5, 0.6) is 0 Å². The molecule has 0 aromatic rings. The summed E-state index contributed by atoms with van der Waals surface area (Å²) < 4.78 is 0. The largest absolute Gasteiger partial charge is 0.512 e. The Morgan fingerprint density at radius 2 is 1.32 bits per heavy atom. The molecule has 0 spiro atoms. The first-order valence-corrected chi connectivity index (χ1v) is 5.75. The summed E-state index contributed by atoms with van der Waals surface area (Å²) in [6.07, 6.45) is 7.52. The van der Waals surface area contributed by atoms with Gasteiger partial charge in [-0.25, -0.2) is 0 Å². The number of hydrogen-bond donors (Lipinski definition) is 1. The topological polar surface area (TPSA) is 71.4 Å². The number of allylic oxidation sites excluding steroid dienone is 8. The molecule has 0 radical (unpaired) electrons. The van der Waals surface area contributed by atoms with Gasteiger partial charge in [-0.2, -0.15) is 0 Å². The van der Waals surface area contributed by atoms with Gasteiger partial charge in [-0.05, 0) is 39.8 Å². The summed E-state index contributed by atoms with van der Waals surface area (Å²) >= 11 is 0. The van der Waals surface area contributed by atoms with E-state index >= 15 is 0 Å². The number of aliphatic hydroxyl groups is 1. The molecule has 0 saturated carbocycles. The summed E-state index contributed by atoms with van der Waals surface area (Å²) in [5.74, 6) is -0.887. The summed E-state index contributed by atoms with van der Waals surface area (Å²) in [5.41, 5.74) is 0.331. The van der Waals surface area contributed by atoms with Crippen molar-refractivity contribution in [3.63, 3.8) is 0 Å². The van der Waals surface area contributed by atoms with Crippen LogP contribution in [0.4, 0.5) is 0 Å². The highest BCUT2D eigenvalue weighted by molar-refractivity contribution is 6.18. The normalized spacial score (nSPS) is 12.4. The van der Waals surface area contributed by atoms with Crippen LogP contribution in [0.1, 0.15) is 27.7 Å². The number of hydrogen-bond acceptors (Lipinski definition) is 4. The van der Waals surface area contributed by atoms with Gasteiger partial charge in [0.15, 0.2) is 17.3 Å². The number of aliphatic hydroxyl groups excluding tert-OH is 1. The maximum Gasteiger partial charge on any atom is 0.163 e. The van der Waals surface area contributed by atoms with Crippen LogP contribution < -0.4 is 0 Å². The minimum atomic E-state index is -0.295. The monoisotopic (exact) mass is 262 g/mol. The van der Waals surface area contributed by atoms with E-state index in [2.05, 4.69) is 0 Å². The molecule has 0 bridgehead atoms. The fourth-order valence-electron chi connectivity index (χ4n) is 1.34. The molecule has 0 amide bonds. The van der Waals surface area contributed by atoms with Gasteiger partial charge in [-0.15, -0.1) is 0 Å². The smallest absolute Gasteiger partial charge is 0.163 e. The van der Waals surface area contributed by atoms with Gasteiger partial charge >= 0.3 is 0 Å². The van der Waals surface area contributed by atoms with E-state index in [1.807, 2.05) is 0 Å². The molecule has 0 aliphatic rings. The van der Waals surface area contributed by atoms with E-state index in [0.717, 1.165) is 0 Å². The van der Waals surface area contributed by atoms with E-state index in [1.165, 1.54) is 45.9 Å². The van der Waals surface area contributed by atoms with Gasteiger partial charge in [-0.1, -0.05) is 18.2 Å². The van der Waals surface area contributed by atoms with Crippen LogP contribution in [-0.4, -0.2) is 22.5 Å². The minimum Gasteiger partial charge on any atom is -0.512 e. The average Bonchev–Trinajstić information content (AvgIpc) is 2.25. The Morgan fingerprint density at radius 1 is 0.789 bits per heavy atom. The first-order chi connectivity index (χ1) is 8.77. The summed E-state index contributed by atoms with van der Waals surface area (Å²) in [6, 6.07) is 0. The van der Waals surface area contributed by atoms with E-state index in [4.69, 9.17) is 0 Å². The Balaban J connectivity index is 4.91. The molecule has 0 aliphatic heterocycles. The van der Waals surface area contributed by atoms with Crippen molar-refractivity contribution in [1.82, 2.24) is 0 Å². The van der Waals surface area contributed by atoms with Gasteiger partial charge in [0.05, 0.1) is 16.9 Å². The fourth-order valence-corrected chi connectivity index (χ4v) is 1.34. The van der Waals surface area contributed by atoms with Gasteiger partial charge < -0.3 is 5.11 Å². The van der Waals surface area contributed by atoms with E-state index < -0.39 is 0 Å². The second kappa shape index (κ2) is 7.97. The Bertz CT molecular complexity index is 482. The molecule has 0 fully saturated rings. The number of Topliss-reactive ketones (excluding diaryl/α,β-unsaturated/α-hetero) is 3. The van der Waals surface area contributed by atoms with Crippen molar-refractivity contribution < 1.29 is 19.5 Å². The first-order valence-electron chi connectivity index (χ1n) is 5.75. The lowest BCUT2D eigenvalue weighted by Crippen LogP contribution is -2.05. The van der Waals surface area contributed by atoms with Crippen LogP contribution in [0.15, 0.2) is 47.3 Å². The molecular weight excluding hydrogens is 244 g/mol. The molecule has 102 valence electrons. The SMILES string of the molecule is CC(=O)C(=CC=CC=C/C(C(C)=O)=C(/C)O)C(C)=O. The molecule has 1 N–H and O–H groups in total. The van der Waals surface area contributed by atoms with Crippen LogP contribution in [0.3, 0.4) is 0 Å². The predicted octanol–water partition coefficient (Wildman–Crippen LogP) is 2.62. The van der Waals surface area contributed by atoms with Gasteiger partial charge in [-0.3, -0.25) is 14.4 Å². The molecule has 0 heterocycles. The van der Waals surface area contributed by atoms with Crippen LogP contribution >= 0.6 is 0 Å². The summed E-state index contributed by atoms with van der Waals surface area (Å²) in [7, 11) is 0. The molecule has 0 saturated heterocycles. The van der Waals surface area contributed by atoms with Crippen LogP contribution in [-0.2, 0) is 14.4 Å². The molecule has 0 aliphatic carbocycles. The molecular formula is C15H18O4. The highest BCUT2D eigenvalue weighted by Gasteiger charge is 2.06. The second-order valence-corrected chi connectivity index (χ2v) is 3.99. The van der Waals surface area contributed by atoms with Crippen LogP contribution in [0.25, 0.3) is 0 Å². The Kier molecular flexibility index (Phi) is 7.04. The van der Waals surface area contributed by atoms with Gasteiger partial charge in [0.1, 0.15) is 0 Å². The Morgan fingerprint density at radius 3 is 1.68 bits per heavy atom. The third kappa shape index (κ3) is 6.31. The molecule has 19 heavy (non-hydrogen) atoms. The van der Waals surface area contributed by atoms with Crippen LogP contribution in [0, 0.1) is 0 Å². The first kappa shape index (κ1) is 16.8. The van der Waals surface area contributed by atoms with Gasteiger partial charge in [0.25, 0.3) is 0 Å². The lowest BCUT2D eigenvalue weighted by molar-refractivity contribution is -0.119. The maximum absolute atomic E-state index is 11.1.